The summed E-state index contributed by atoms with van der Waals surface area (Å²) in [6.07, 6.45) is 5.15. The number of rotatable bonds is 4. The lowest BCUT2D eigenvalue weighted by Crippen LogP contribution is -2.38. The molecule has 0 aromatic rings. The van der Waals surface area contributed by atoms with Crippen molar-refractivity contribution >= 4 is 11.8 Å². The minimum Gasteiger partial charge on any atom is -0.347 e. The molecule has 1 saturated heterocycles. The Labute approximate surface area is 90.0 Å². The van der Waals surface area contributed by atoms with Gasteiger partial charge in [-0.15, -0.1) is 0 Å². The van der Waals surface area contributed by atoms with Crippen LogP contribution >= 0.6 is 0 Å². The van der Waals surface area contributed by atoms with Crippen LogP contribution in [0, 0.1) is 5.92 Å². The summed E-state index contributed by atoms with van der Waals surface area (Å²) in [5.74, 6) is 0.689. The van der Waals surface area contributed by atoms with E-state index in [2.05, 4.69) is 5.32 Å². The van der Waals surface area contributed by atoms with E-state index in [1.54, 1.807) is 0 Å². The largest absolute Gasteiger partial charge is 0.347 e. The van der Waals surface area contributed by atoms with Gasteiger partial charge in [-0.05, 0) is 31.6 Å². The minimum absolute atomic E-state index is 0.0325. The molecule has 0 aromatic carbocycles. The highest BCUT2D eigenvalue weighted by Gasteiger charge is 2.25. The van der Waals surface area contributed by atoms with E-state index in [0.29, 0.717) is 12.3 Å². The molecule has 1 aliphatic heterocycles. The molecule has 1 heterocycles. The van der Waals surface area contributed by atoms with Gasteiger partial charge in [0, 0.05) is 19.5 Å². The number of hydrogen-bond acceptors (Lipinski definition) is 2. The fourth-order valence-corrected chi connectivity index (χ4v) is 1.91. The zero-order chi connectivity index (χ0) is 10.7. The Morgan fingerprint density at radius 3 is 2.47 bits per heavy atom. The Balaban J connectivity index is 1.62. The molecule has 15 heavy (non-hydrogen) atoms. The Morgan fingerprint density at radius 1 is 1.20 bits per heavy atom. The average molecular weight is 210 g/mol. The Hall–Kier alpha value is -1.06. The minimum atomic E-state index is 0.0325. The van der Waals surface area contributed by atoms with Gasteiger partial charge in [-0.1, -0.05) is 0 Å². The number of nitrogens with zero attached hydrogens (tertiary/aromatic N) is 1. The summed E-state index contributed by atoms with van der Waals surface area (Å²) < 4.78 is 0. The summed E-state index contributed by atoms with van der Waals surface area (Å²) in [5, 5.41) is 2.70. The fourth-order valence-electron chi connectivity index (χ4n) is 1.91. The van der Waals surface area contributed by atoms with Gasteiger partial charge in [-0.2, -0.15) is 0 Å². The summed E-state index contributed by atoms with van der Waals surface area (Å²) in [6.45, 7) is 1.90. The van der Waals surface area contributed by atoms with Gasteiger partial charge in [0.05, 0.1) is 6.54 Å². The predicted octanol–water partition coefficient (Wildman–Crippen LogP) is 0.525. The van der Waals surface area contributed by atoms with Crippen molar-refractivity contribution in [3.8, 4) is 0 Å². The molecule has 2 amide bonds. The number of hydrogen-bond donors (Lipinski definition) is 1. The van der Waals surface area contributed by atoms with Gasteiger partial charge in [0.25, 0.3) is 0 Å². The molecule has 0 unspecified atom stereocenters. The first-order valence-electron chi connectivity index (χ1n) is 5.80. The molecule has 2 fully saturated rings. The van der Waals surface area contributed by atoms with Crippen LogP contribution in [0.25, 0.3) is 0 Å². The molecule has 1 N–H and O–H groups in total. The maximum atomic E-state index is 11.6. The third-order valence-electron chi connectivity index (χ3n) is 3.07. The first-order valence-corrected chi connectivity index (χ1v) is 5.80. The zero-order valence-electron chi connectivity index (χ0n) is 9.00. The van der Waals surface area contributed by atoms with Gasteiger partial charge in [0.2, 0.25) is 11.8 Å². The quantitative estimate of drug-likeness (QED) is 0.735. The first kappa shape index (κ1) is 10.5. The van der Waals surface area contributed by atoms with E-state index in [9.17, 15) is 9.59 Å². The standard InChI is InChI=1S/C11H18N2O2/c14-10(7-9-3-4-9)12-8-11(15)13-5-1-2-6-13/h9H,1-8H2,(H,12,14). The van der Waals surface area contributed by atoms with Gasteiger partial charge >= 0.3 is 0 Å². The van der Waals surface area contributed by atoms with Gasteiger partial charge < -0.3 is 10.2 Å². The molecule has 84 valence electrons. The molecule has 0 radical (unpaired) electrons. The maximum absolute atomic E-state index is 11.6. The van der Waals surface area contributed by atoms with Crippen LogP contribution in [0.1, 0.15) is 32.1 Å². The van der Waals surface area contributed by atoms with Crippen LogP contribution in [-0.2, 0) is 9.59 Å². The highest BCUT2D eigenvalue weighted by molar-refractivity contribution is 5.85. The number of nitrogens with one attached hydrogen (secondary N) is 1. The molecule has 1 saturated carbocycles. The maximum Gasteiger partial charge on any atom is 0.241 e. The molecule has 1 aliphatic carbocycles. The molecule has 2 aliphatic rings. The van der Waals surface area contributed by atoms with Crippen molar-refractivity contribution in [2.45, 2.75) is 32.1 Å². The molecular weight excluding hydrogens is 192 g/mol. The lowest BCUT2D eigenvalue weighted by molar-refractivity contribution is -0.132. The smallest absolute Gasteiger partial charge is 0.241 e. The van der Waals surface area contributed by atoms with E-state index in [4.69, 9.17) is 0 Å². The van der Waals surface area contributed by atoms with E-state index in [-0.39, 0.29) is 18.4 Å². The second-order valence-electron chi connectivity index (χ2n) is 4.51. The molecule has 4 heteroatoms. The normalized spacial score (nSPS) is 20.4. The van der Waals surface area contributed by atoms with Crippen molar-refractivity contribution in [3.05, 3.63) is 0 Å². The second kappa shape index (κ2) is 4.64. The Bertz CT molecular complexity index is 255. The van der Waals surface area contributed by atoms with Crippen molar-refractivity contribution in [3.63, 3.8) is 0 Å². The molecule has 0 aromatic heterocycles. The third kappa shape index (κ3) is 3.22. The summed E-state index contributed by atoms with van der Waals surface area (Å²) >= 11 is 0. The van der Waals surface area contributed by atoms with Crippen LogP contribution in [-0.4, -0.2) is 36.3 Å². The molecule has 2 rings (SSSR count). The lowest BCUT2D eigenvalue weighted by Gasteiger charge is -2.15. The van der Waals surface area contributed by atoms with E-state index < -0.39 is 0 Å². The number of amides is 2. The summed E-state index contributed by atoms with van der Waals surface area (Å²) in [5.41, 5.74) is 0. The van der Waals surface area contributed by atoms with Gasteiger partial charge in [-0.25, -0.2) is 0 Å². The number of carbonyl (C=O) groups is 2. The van der Waals surface area contributed by atoms with Crippen LogP contribution in [0.15, 0.2) is 0 Å². The SMILES string of the molecule is O=C(CC1CC1)NCC(=O)N1CCCC1. The van der Waals surface area contributed by atoms with E-state index in [0.717, 1.165) is 25.9 Å². The van der Waals surface area contributed by atoms with Crippen LogP contribution in [0.4, 0.5) is 0 Å². The second-order valence-corrected chi connectivity index (χ2v) is 4.51. The van der Waals surface area contributed by atoms with Gasteiger partial charge in [0.15, 0.2) is 0 Å². The van der Waals surface area contributed by atoms with E-state index >= 15 is 0 Å². The molecule has 4 nitrogen and oxygen atoms in total. The van der Waals surface area contributed by atoms with Crippen molar-refractivity contribution in [2.75, 3.05) is 19.6 Å². The fraction of sp³-hybridized carbons (Fsp3) is 0.818. The van der Waals surface area contributed by atoms with Gasteiger partial charge in [-0.3, -0.25) is 9.59 Å². The average Bonchev–Trinajstić information content (AvgIpc) is 2.86. The van der Waals surface area contributed by atoms with Gasteiger partial charge in [0.1, 0.15) is 0 Å². The van der Waals surface area contributed by atoms with Crippen molar-refractivity contribution in [1.82, 2.24) is 10.2 Å². The van der Waals surface area contributed by atoms with Crippen molar-refractivity contribution < 1.29 is 9.59 Å². The van der Waals surface area contributed by atoms with Crippen LogP contribution in [0.3, 0.4) is 0 Å². The zero-order valence-corrected chi connectivity index (χ0v) is 9.00. The van der Waals surface area contributed by atoms with E-state index in [1.165, 1.54) is 12.8 Å². The molecule has 0 atom stereocenters. The molecule has 0 spiro atoms. The van der Waals surface area contributed by atoms with Crippen LogP contribution in [0.5, 0.6) is 0 Å². The predicted molar refractivity (Wildman–Crippen MR) is 56.2 cm³/mol. The number of carbonyl (C=O) groups excluding carboxylic acids is 2. The Kier molecular flexibility index (Phi) is 3.23. The number of likely N-dealkylation sites (tertiary alicyclic amines) is 1. The topological polar surface area (TPSA) is 49.4 Å². The summed E-state index contributed by atoms with van der Waals surface area (Å²) in [6, 6.07) is 0. The van der Waals surface area contributed by atoms with Crippen LogP contribution in [0.2, 0.25) is 0 Å². The monoisotopic (exact) mass is 210 g/mol. The molecular formula is C11H18N2O2. The molecule has 0 bridgehead atoms. The lowest BCUT2D eigenvalue weighted by atomic mass is 10.3. The van der Waals surface area contributed by atoms with E-state index in [1.807, 2.05) is 4.90 Å². The van der Waals surface area contributed by atoms with Crippen LogP contribution < -0.4 is 5.32 Å². The Morgan fingerprint density at radius 2 is 1.87 bits per heavy atom. The highest BCUT2D eigenvalue weighted by atomic mass is 16.2. The highest BCUT2D eigenvalue weighted by Crippen LogP contribution is 2.31. The summed E-state index contributed by atoms with van der Waals surface area (Å²) in [4.78, 5) is 24.7. The van der Waals surface area contributed by atoms with Crippen molar-refractivity contribution in [1.29, 1.82) is 0 Å². The van der Waals surface area contributed by atoms with Crippen molar-refractivity contribution in [2.24, 2.45) is 5.92 Å². The first-order chi connectivity index (χ1) is 7.25. The third-order valence-corrected chi connectivity index (χ3v) is 3.07. The summed E-state index contributed by atoms with van der Waals surface area (Å²) in [7, 11) is 0.